The molecule has 2 N–H and O–H groups in total. The highest BCUT2D eigenvalue weighted by Crippen LogP contribution is 2.23. The highest BCUT2D eigenvalue weighted by Gasteiger charge is 2.09. The third-order valence-corrected chi connectivity index (χ3v) is 4.31. The first-order valence-corrected chi connectivity index (χ1v) is 7.79. The minimum absolute atomic E-state index is 0.0332. The third-order valence-electron chi connectivity index (χ3n) is 2.63. The second-order valence-electron chi connectivity index (χ2n) is 4.07. The summed E-state index contributed by atoms with van der Waals surface area (Å²) in [6.07, 6.45) is 3.87. The molecule has 0 saturated carbocycles. The van der Waals surface area contributed by atoms with Crippen LogP contribution in [-0.4, -0.2) is 24.1 Å². The number of nitrogens with zero attached hydrogens (tertiary/aromatic N) is 1. The predicted octanol–water partition coefficient (Wildman–Crippen LogP) is 2.42. The normalized spacial score (nSPS) is 11.5. The van der Waals surface area contributed by atoms with Crippen LogP contribution >= 0.6 is 11.6 Å². The summed E-state index contributed by atoms with van der Waals surface area (Å²) >= 11 is 6.11. The van der Waals surface area contributed by atoms with Crippen molar-refractivity contribution in [3.63, 3.8) is 0 Å². The first-order chi connectivity index (χ1) is 9.00. The molecule has 0 radical (unpaired) electrons. The Kier molecular flexibility index (Phi) is 4.11. The van der Waals surface area contributed by atoms with Crippen molar-refractivity contribution in [2.75, 3.05) is 10.5 Å². The maximum atomic E-state index is 11.5. The molecule has 0 aliphatic carbocycles. The van der Waals surface area contributed by atoms with E-state index in [1.54, 1.807) is 37.6 Å². The fraction of sp³-hybridized carbons (Fsp3) is 0.250. The van der Waals surface area contributed by atoms with Crippen molar-refractivity contribution in [3.05, 3.63) is 47.0 Å². The molecule has 0 saturated heterocycles. The summed E-state index contributed by atoms with van der Waals surface area (Å²) in [4.78, 5) is 6.92. The van der Waals surface area contributed by atoms with Crippen LogP contribution in [0.3, 0.4) is 0 Å². The topological polar surface area (TPSA) is 74.8 Å². The standard InChI is InChI=1S/C12H14ClN3O2S/c1-2-19(17,18)16-10-3-4-12(13)9(5-10)6-11-7-14-8-15-11/h3-5,7-8,16H,2,6H2,1H3,(H,14,15). The molecule has 0 atom stereocenters. The van der Waals surface area contributed by atoms with Crippen LogP contribution < -0.4 is 4.72 Å². The first kappa shape index (κ1) is 13.9. The summed E-state index contributed by atoms with van der Waals surface area (Å²) in [5.41, 5.74) is 2.26. The second-order valence-corrected chi connectivity index (χ2v) is 6.48. The maximum Gasteiger partial charge on any atom is 0.232 e. The number of nitrogens with one attached hydrogen (secondary N) is 2. The number of rotatable bonds is 5. The zero-order valence-corrected chi connectivity index (χ0v) is 11.9. The van der Waals surface area contributed by atoms with Crippen LogP contribution in [-0.2, 0) is 16.4 Å². The lowest BCUT2D eigenvalue weighted by Gasteiger charge is -2.09. The summed E-state index contributed by atoms with van der Waals surface area (Å²) in [5.74, 6) is 0.0332. The molecule has 0 fully saturated rings. The molecule has 19 heavy (non-hydrogen) atoms. The number of sulfonamides is 1. The molecule has 0 spiro atoms. The van der Waals surface area contributed by atoms with Crippen LogP contribution in [0.25, 0.3) is 0 Å². The fourth-order valence-corrected chi connectivity index (χ4v) is 2.43. The Balaban J connectivity index is 2.24. The molecule has 0 unspecified atom stereocenters. The van der Waals surface area contributed by atoms with Crippen LogP contribution in [0.2, 0.25) is 5.02 Å². The van der Waals surface area contributed by atoms with Gasteiger partial charge in [-0.25, -0.2) is 13.4 Å². The fourth-order valence-electron chi connectivity index (χ4n) is 1.61. The highest BCUT2D eigenvalue weighted by atomic mass is 35.5. The number of imidazole rings is 1. The van der Waals surface area contributed by atoms with E-state index < -0.39 is 10.0 Å². The van der Waals surface area contributed by atoms with Crippen molar-refractivity contribution in [3.8, 4) is 0 Å². The van der Waals surface area contributed by atoms with E-state index in [4.69, 9.17) is 11.6 Å². The molecular formula is C12H14ClN3O2S. The average Bonchev–Trinajstić information content (AvgIpc) is 2.86. The molecule has 1 heterocycles. The van der Waals surface area contributed by atoms with Crippen LogP contribution in [0.15, 0.2) is 30.7 Å². The van der Waals surface area contributed by atoms with E-state index in [1.165, 1.54) is 0 Å². The number of hydrogen-bond donors (Lipinski definition) is 2. The van der Waals surface area contributed by atoms with E-state index in [0.717, 1.165) is 11.3 Å². The van der Waals surface area contributed by atoms with Crippen molar-refractivity contribution in [1.29, 1.82) is 0 Å². The van der Waals surface area contributed by atoms with Gasteiger partial charge < -0.3 is 4.98 Å². The van der Waals surface area contributed by atoms with Gasteiger partial charge in [0.1, 0.15) is 0 Å². The van der Waals surface area contributed by atoms with Gasteiger partial charge in [-0.3, -0.25) is 4.72 Å². The summed E-state index contributed by atoms with van der Waals surface area (Å²) in [6.45, 7) is 1.59. The van der Waals surface area contributed by atoms with E-state index in [0.29, 0.717) is 17.1 Å². The number of aromatic amines is 1. The Morgan fingerprint density at radius 1 is 1.42 bits per heavy atom. The molecule has 102 valence electrons. The van der Waals surface area contributed by atoms with Gasteiger partial charge in [-0.15, -0.1) is 0 Å². The summed E-state index contributed by atoms with van der Waals surface area (Å²) in [6, 6.07) is 5.06. The van der Waals surface area contributed by atoms with Gasteiger partial charge in [0.05, 0.1) is 12.1 Å². The molecule has 0 amide bonds. The molecule has 1 aromatic heterocycles. The summed E-state index contributed by atoms with van der Waals surface area (Å²) in [5, 5.41) is 0.592. The van der Waals surface area contributed by atoms with Crippen molar-refractivity contribution in [2.24, 2.45) is 0 Å². The van der Waals surface area contributed by atoms with Crippen molar-refractivity contribution in [1.82, 2.24) is 9.97 Å². The Morgan fingerprint density at radius 3 is 2.84 bits per heavy atom. The van der Waals surface area contributed by atoms with Gasteiger partial charge in [-0.05, 0) is 30.7 Å². The van der Waals surface area contributed by atoms with Gasteiger partial charge in [0.2, 0.25) is 10.0 Å². The summed E-state index contributed by atoms with van der Waals surface area (Å²) in [7, 11) is -3.28. The molecule has 0 aliphatic heterocycles. The number of aromatic nitrogens is 2. The van der Waals surface area contributed by atoms with Crippen molar-refractivity contribution < 1.29 is 8.42 Å². The van der Waals surface area contributed by atoms with Crippen molar-refractivity contribution in [2.45, 2.75) is 13.3 Å². The Morgan fingerprint density at radius 2 is 2.21 bits per heavy atom. The number of halogens is 1. The Labute approximate surface area is 117 Å². The zero-order valence-electron chi connectivity index (χ0n) is 10.4. The van der Waals surface area contributed by atoms with Gasteiger partial charge in [0.15, 0.2) is 0 Å². The van der Waals surface area contributed by atoms with Gasteiger partial charge in [-0.1, -0.05) is 11.6 Å². The third kappa shape index (κ3) is 3.71. The number of benzene rings is 1. The van der Waals surface area contributed by atoms with Crippen molar-refractivity contribution >= 4 is 27.3 Å². The average molecular weight is 300 g/mol. The Hall–Kier alpha value is -1.53. The minimum atomic E-state index is -3.28. The van der Waals surface area contributed by atoms with Crippen LogP contribution in [0, 0.1) is 0 Å². The monoisotopic (exact) mass is 299 g/mol. The van der Waals surface area contributed by atoms with Gasteiger partial charge in [-0.2, -0.15) is 0 Å². The Bertz CT molecular complexity index is 654. The lowest BCUT2D eigenvalue weighted by Crippen LogP contribution is -2.14. The number of hydrogen-bond acceptors (Lipinski definition) is 3. The number of H-pyrrole nitrogens is 1. The predicted molar refractivity (Wildman–Crippen MR) is 75.9 cm³/mol. The molecule has 5 nitrogen and oxygen atoms in total. The first-order valence-electron chi connectivity index (χ1n) is 5.76. The highest BCUT2D eigenvalue weighted by molar-refractivity contribution is 7.92. The van der Waals surface area contributed by atoms with Crippen LogP contribution in [0.4, 0.5) is 5.69 Å². The van der Waals surface area contributed by atoms with E-state index in [2.05, 4.69) is 14.7 Å². The molecule has 1 aromatic carbocycles. The van der Waals surface area contributed by atoms with Crippen LogP contribution in [0.1, 0.15) is 18.2 Å². The molecule has 7 heteroatoms. The quantitative estimate of drug-likeness (QED) is 0.890. The van der Waals surface area contributed by atoms with Gasteiger partial charge in [0, 0.05) is 29.0 Å². The zero-order chi connectivity index (χ0) is 13.9. The molecule has 2 rings (SSSR count). The lowest BCUT2D eigenvalue weighted by molar-refractivity contribution is 0.602. The van der Waals surface area contributed by atoms with Gasteiger partial charge in [0.25, 0.3) is 0 Å². The maximum absolute atomic E-state index is 11.5. The molecule has 0 aliphatic rings. The molecular weight excluding hydrogens is 286 g/mol. The lowest BCUT2D eigenvalue weighted by atomic mass is 10.1. The molecule has 2 aromatic rings. The van der Waals surface area contributed by atoms with E-state index in [9.17, 15) is 8.42 Å². The smallest absolute Gasteiger partial charge is 0.232 e. The number of anilines is 1. The SMILES string of the molecule is CCS(=O)(=O)Nc1ccc(Cl)c(Cc2cnc[nH]2)c1. The largest absolute Gasteiger partial charge is 0.348 e. The summed E-state index contributed by atoms with van der Waals surface area (Å²) < 4.78 is 25.5. The minimum Gasteiger partial charge on any atom is -0.348 e. The molecule has 0 bridgehead atoms. The van der Waals surface area contributed by atoms with E-state index in [-0.39, 0.29) is 5.75 Å². The van der Waals surface area contributed by atoms with Gasteiger partial charge >= 0.3 is 0 Å². The van der Waals surface area contributed by atoms with E-state index >= 15 is 0 Å². The van der Waals surface area contributed by atoms with Crippen LogP contribution in [0.5, 0.6) is 0 Å². The second kappa shape index (κ2) is 5.63. The van der Waals surface area contributed by atoms with E-state index in [1.807, 2.05) is 0 Å².